The fourth-order valence-corrected chi connectivity index (χ4v) is 0.797. The van der Waals surface area contributed by atoms with E-state index >= 15 is 0 Å². The average Bonchev–Trinajstić information content (AvgIpc) is 2.29. The Morgan fingerprint density at radius 3 is 2.92 bits per heavy atom. The molecule has 0 amide bonds. The average molecular weight is 169 g/mol. The third-order valence-corrected chi connectivity index (χ3v) is 1.26. The van der Waals surface area contributed by atoms with Crippen LogP contribution in [0.2, 0.25) is 0 Å². The first kappa shape index (κ1) is 8.32. The molecule has 5 heteroatoms. The van der Waals surface area contributed by atoms with Gasteiger partial charge in [0.15, 0.2) is 5.76 Å². The second-order valence-electron chi connectivity index (χ2n) is 2.08. The van der Waals surface area contributed by atoms with Crippen LogP contribution in [-0.2, 0) is 14.3 Å². The lowest BCUT2D eigenvalue weighted by atomic mass is 10.3. The van der Waals surface area contributed by atoms with Crippen molar-refractivity contribution in [3.8, 4) is 0 Å². The summed E-state index contributed by atoms with van der Waals surface area (Å²) in [5.41, 5.74) is 0.377. The number of carbonyl (C=O) groups is 2. The Hall–Kier alpha value is -1.78. The van der Waals surface area contributed by atoms with Gasteiger partial charge in [0.2, 0.25) is 0 Å². The Morgan fingerprint density at radius 1 is 1.75 bits per heavy atom. The second-order valence-corrected chi connectivity index (χ2v) is 2.08. The molecular weight excluding hydrogens is 162 g/mol. The molecule has 0 saturated carbocycles. The van der Waals surface area contributed by atoms with Crippen molar-refractivity contribution in [3.63, 3.8) is 0 Å². The highest BCUT2D eigenvalue weighted by Crippen LogP contribution is 2.15. The van der Waals surface area contributed by atoms with Gasteiger partial charge in [-0.3, -0.25) is 0 Å². The van der Waals surface area contributed by atoms with Gasteiger partial charge >= 0.3 is 11.9 Å². The quantitative estimate of drug-likeness (QED) is 0.435. The molecular formula is C7H7NO4. The van der Waals surface area contributed by atoms with E-state index in [0.717, 1.165) is 6.08 Å². The molecule has 0 radical (unpaired) electrons. The number of carboxylic acids is 1. The summed E-state index contributed by atoms with van der Waals surface area (Å²) in [5, 5.41) is 11.0. The van der Waals surface area contributed by atoms with Crippen molar-refractivity contribution in [3.05, 3.63) is 23.6 Å². The molecule has 64 valence electrons. The summed E-state index contributed by atoms with van der Waals surface area (Å²) in [7, 11) is 1.57. The highest BCUT2D eigenvalue weighted by molar-refractivity contribution is 5.90. The first-order valence-corrected chi connectivity index (χ1v) is 3.19. The molecule has 1 aliphatic heterocycles. The first-order valence-electron chi connectivity index (χ1n) is 3.19. The van der Waals surface area contributed by atoms with E-state index in [0.29, 0.717) is 5.70 Å². The summed E-state index contributed by atoms with van der Waals surface area (Å²) < 4.78 is 4.56. The maximum atomic E-state index is 10.6. The fourth-order valence-electron chi connectivity index (χ4n) is 0.797. The number of hydrogen-bond donors (Lipinski definition) is 2. The zero-order chi connectivity index (χ0) is 9.14. The van der Waals surface area contributed by atoms with Gasteiger partial charge in [0, 0.05) is 7.05 Å². The molecule has 0 aliphatic carbocycles. The van der Waals surface area contributed by atoms with E-state index in [1.165, 1.54) is 6.08 Å². The number of carbonyl (C=O) groups excluding carboxylic acids is 1. The number of likely N-dealkylation sites (N-methyl/N-ethyl adjacent to an activating group) is 1. The van der Waals surface area contributed by atoms with Crippen LogP contribution in [0.15, 0.2) is 23.6 Å². The lowest BCUT2D eigenvalue weighted by Gasteiger charge is -2.00. The van der Waals surface area contributed by atoms with E-state index in [-0.39, 0.29) is 5.76 Å². The van der Waals surface area contributed by atoms with Crippen molar-refractivity contribution in [1.29, 1.82) is 0 Å². The van der Waals surface area contributed by atoms with Crippen LogP contribution in [0, 0.1) is 0 Å². The van der Waals surface area contributed by atoms with Crippen molar-refractivity contribution in [2.45, 2.75) is 0 Å². The number of esters is 1. The van der Waals surface area contributed by atoms with Crippen molar-refractivity contribution < 1.29 is 19.4 Å². The van der Waals surface area contributed by atoms with Gasteiger partial charge in [-0.2, -0.15) is 0 Å². The third kappa shape index (κ3) is 1.63. The van der Waals surface area contributed by atoms with Crippen LogP contribution in [0.1, 0.15) is 0 Å². The molecule has 1 rings (SSSR count). The maximum absolute atomic E-state index is 10.6. The van der Waals surface area contributed by atoms with Gasteiger partial charge in [-0.25, -0.2) is 9.59 Å². The summed E-state index contributed by atoms with van der Waals surface area (Å²) in [6.07, 6.45) is 2.02. The summed E-state index contributed by atoms with van der Waals surface area (Å²) in [6, 6.07) is 0. The van der Waals surface area contributed by atoms with Gasteiger partial charge < -0.3 is 15.2 Å². The number of nitrogens with one attached hydrogen (secondary N) is 1. The van der Waals surface area contributed by atoms with Crippen LogP contribution < -0.4 is 5.32 Å². The van der Waals surface area contributed by atoms with E-state index in [4.69, 9.17) is 5.11 Å². The summed E-state index contributed by atoms with van der Waals surface area (Å²) in [4.78, 5) is 20.8. The molecule has 0 aromatic carbocycles. The normalized spacial score (nSPS) is 18.9. The SMILES string of the molecule is CNC1=CC(=O)O/C1=C/C(=O)O. The summed E-state index contributed by atoms with van der Waals surface area (Å²) in [5.74, 6) is -1.68. The second kappa shape index (κ2) is 3.08. The predicted molar refractivity (Wildman–Crippen MR) is 39.0 cm³/mol. The Kier molecular flexibility index (Phi) is 2.14. The van der Waals surface area contributed by atoms with Gasteiger partial charge in [0.25, 0.3) is 0 Å². The smallest absolute Gasteiger partial charge is 0.338 e. The zero-order valence-electron chi connectivity index (χ0n) is 6.33. The van der Waals surface area contributed by atoms with Gasteiger partial charge in [0.1, 0.15) is 0 Å². The van der Waals surface area contributed by atoms with Crippen molar-refractivity contribution >= 4 is 11.9 Å². The van der Waals surface area contributed by atoms with Crippen LogP contribution in [0.3, 0.4) is 0 Å². The highest BCUT2D eigenvalue weighted by Gasteiger charge is 2.19. The van der Waals surface area contributed by atoms with Gasteiger partial charge in [0.05, 0.1) is 17.8 Å². The largest absolute Gasteiger partial charge is 0.478 e. The molecule has 2 N–H and O–H groups in total. The molecule has 0 atom stereocenters. The van der Waals surface area contributed by atoms with E-state index in [1.54, 1.807) is 7.05 Å². The van der Waals surface area contributed by atoms with E-state index < -0.39 is 11.9 Å². The minimum Gasteiger partial charge on any atom is -0.478 e. The number of ether oxygens (including phenoxy) is 1. The Balaban J connectivity index is 2.89. The Bertz CT molecular complexity index is 290. The maximum Gasteiger partial charge on any atom is 0.338 e. The number of aliphatic carboxylic acids is 1. The van der Waals surface area contributed by atoms with Crippen LogP contribution in [-0.4, -0.2) is 24.1 Å². The molecule has 0 saturated heterocycles. The topological polar surface area (TPSA) is 75.6 Å². The van der Waals surface area contributed by atoms with Crippen molar-refractivity contribution in [2.24, 2.45) is 0 Å². The molecule has 0 aromatic heterocycles. The van der Waals surface area contributed by atoms with E-state index in [1.807, 2.05) is 0 Å². The molecule has 0 bridgehead atoms. The standard InChI is InChI=1S/C7H7NO4/c1-8-4-2-7(11)12-5(4)3-6(9)10/h2-3,8H,1H3,(H,9,10)/b5-3+. The zero-order valence-corrected chi connectivity index (χ0v) is 6.33. The van der Waals surface area contributed by atoms with Crippen LogP contribution in [0.25, 0.3) is 0 Å². The molecule has 12 heavy (non-hydrogen) atoms. The molecule has 0 fully saturated rings. The van der Waals surface area contributed by atoms with Crippen LogP contribution >= 0.6 is 0 Å². The Morgan fingerprint density at radius 2 is 2.42 bits per heavy atom. The van der Waals surface area contributed by atoms with Crippen LogP contribution in [0.4, 0.5) is 0 Å². The molecule has 5 nitrogen and oxygen atoms in total. The van der Waals surface area contributed by atoms with E-state index in [9.17, 15) is 9.59 Å². The molecule has 0 unspecified atom stereocenters. The number of rotatable bonds is 2. The van der Waals surface area contributed by atoms with Gasteiger partial charge in [-0.1, -0.05) is 0 Å². The molecule has 0 spiro atoms. The third-order valence-electron chi connectivity index (χ3n) is 1.26. The van der Waals surface area contributed by atoms with Gasteiger partial charge in [-0.05, 0) is 0 Å². The summed E-state index contributed by atoms with van der Waals surface area (Å²) in [6.45, 7) is 0. The summed E-state index contributed by atoms with van der Waals surface area (Å²) >= 11 is 0. The van der Waals surface area contributed by atoms with Gasteiger partial charge in [-0.15, -0.1) is 0 Å². The first-order chi connectivity index (χ1) is 5.63. The minimum absolute atomic E-state index is 0.0370. The van der Waals surface area contributed by atoms with Crippen molar-refractivity contribution in [2.75, 3.05) is 7.05 Å². The fraction of sp³-hybridized carbons (Fsp3) is 0.143. The minimum atomic E-state index is -1.15. The number of cyclic esters (lactones) is 1. The molecule has 1 heterocycles. The number of carboxylic acid groups (broad SMARTS) is 1. The lowest BCUT2D eigenvalue weighted by Crippen LogP contribution is -2.07. The molecule has 0 aromatic rings. The molecule has 1 aliphatic rings. The lowest BCUT2D eigenvalue weighted by molar-refractivity contribution is -0.132. The van der Waals surface area contributed by atoms with E-state index in [2.05, 4.69) is 10.1 Å². The number of hydrogen-bond acceptors (Lipinski definition) is 4. The Labute approximate surface area is 68.3 Å². The highest BCUT2D eigenvalue weighted by atomic mass is 16.5. The monoisotopic (exact) mass is 169 g/mol. The van der Waals surface area contributed by atoms with Crippen molar-refractivity contribution in [1.82, 2.24) is 5.32 Å². The van der Waals surface area contributed by atoms with Crippen LogP contribution in [0.5, 0.6) is 0 Å². The predicted octanol–water partition coefficient (Wildman–Crippen LogP) is -0.385.